The summed E-state index contributed by atoms with van der Waals surface area (Å²) in [5.41, 5.74) is 2.22. The van der Waals surface area contributed by atoms with E-state index in [-0.39, 0.29) is 5.82 Å². The fourth-order valence-corrected chi connectivity index (χ4v) is 2.59. The average Bonchev–Trinajstić information content (AvgIpc) is 2.31. The van der Waals surface area contributed by atoms with Gasteiger partial charge < -0.3 is 10.2 Å². The first-order valence-electron chi connectivity index (χ1n) is 6.45. The summed E-state index contributed by atoms with van der Waals surface area (Å²) >= 11 is 0. The molecule has 17 heavy (non-hydrogen) atoms. The molecule has 1 aromatic rings. The molecule has 0 aromatic heterocycles. The third-order valence-electron chi connectivity index (χ3n) is 3.49. The van der Waals surface area contributed by atoms with Crippen LogP contribution in [0.15, 0.2) is 18.2 Å². The highest BCUT2D eigenvalue weighted by Crippen LogP contribution is 2.24. The van der Waals surface area contributed by atoms with E-state index in [0.717, 1.165) is 25.2 Å². The van der Waals surface area contributed by atoms with Crippen LogP contribution in [0.3, 0.4) is 0 Å². The molecule has 1 N–H and O–H groups in total. The predicted octanol–water partition coefficient (Wildman–Crippen LogP) is 2.71. The third kappa shape index (κ3) is 2.97. The Hall–Kier alpha value is -1.09. The van der Waals surface area contributed by atoms with E-state index in [1.807, 2.05) is 13.0 Å². The van der Waals surface area contributed by atoms with Crippen molar-refractivity contribution in [2.24, 2.45) is 0 Å². The molecule has 0 aliphatic carbocycles. The second-order valence-corrected chi connectivity index (χ2v) is 4.75. The molecular formula is C14H21FN2. The van der Waals surface area contributed by atoms with Crippen LogP contribution in [-0.2, 0) is 0 Å². The zero-order valence-corrected chi connectivity index (χ0v) is 10.7. The van der Waals surface area contributed by atoms with Crippen LogP contribution in [0.1, 0.15) is 25.3 Å². The van der Waals surface area contributed by atoms with E-state index in [1.54, 1.807) is 12.1 Å². The molecule has 0 saturated carbocycles. The Bertz CT molecular complexity index is 370. The Morgan fingerprint density at radius 3 is 2.65 bits per heavy atom. The standard InChI is InChI=1S/C14H21FN2/c1-3-16-13-6-8-17(9-7-13)14-5-4-12(15)10-11(14)2/h4-5,10,13,16H,3,6-9H2,1-2H3. The highest BCUT2D eigenvalue weighted by molar-refractivity contribution is 5.53. The van der Waals surface area contributed by atoms with E-state index in [4.69, 9.17) is 0 Å². The second-order valence-electron chi connectivity index (χ2n) is 4.75. The van der Waals surface area contributed by atoms with Gasteiger partial charge in [-0.15, -0.1) is 0 Å². The molecule has 1 saturated heterocycles. The van der Waals surface area contributed by atoms with E-state index in [1.165, 1.54) is 18.5 Å². The second kappa shape index (κ2) is 5.50. The van der Waals surface area contributed by atoms with Gasteiger partial charge in [0.25, 0.3) is 0 Å². The van der Waals surface area contributed by atoms with Crippen molar-refractivity contribution >= 4 is 5.69 Å². The van der Waals surface area contributed by atoms with Gasteiger partial charge in [0.2, 0.25) is 0 Å². The molecule has 1 aromatic carbocycles. The average molecular weight is 236 g/mol. The van der Waals surface area contributed by atoms with Crippen LogP contribution in [0, 0.1) is 12.7 Å². The smallest absolute Gasteiger partial charge is 0.123 e. The maximum atomic E-state index is 13.0. The Labute approximate surface area is 103 Å². The van der Waals surface area contributed by atoms with Crippen LogP contribution >= 0.6 is 0 Å². The first kappa shape index (κ1) is 12.4. The normalized spacial score (nSPS) is 17.5. The molecule has 0 spiro atoms. The number of halogens is 1. The van der Waals surface area contributed by atoms with Crippen LogP contribution in [0.25, 0.3) is 0 Å². The van der Waals surface area contributed by atoms with Gasteiger partial charge in [-0.3, -0.25) is 0 Å². The van der Waals surface area contributed by atoms with Crippen LogP contribution in [0.2, 0.25) is 0 Å². The zero-order valence-electron chi connectivity index (χ0n) is 10.7. The summed E-state index contributed by atoms with van der Waals surface area (Å²) in [6.45, 7) is 7.29. The molecule has 0 unspecified atom stereocenters. The molecule has 2 nitrogen and oxygen atoms in total. The lowest BCUT2D eigenvalue weighted by Crippen LogP contribution is -2.42. The first-order valence-corrected chi connectivity index (χ1v) is 6.45. The minimum Gasteiger partial charge on any atom is -0.371 e. The van der Waals surface area contributed by atoms with Crippen molar-refractivity contribution in [2.45, 2.75) is 32.7 Å². The van der Waals surface area contributed by atoms with Crippen LogP contribution in [0.5, 0.6) is 0 Å². The fraction of sp³-hybridized carbons (Fsp3) is 0.571. The summed E-state index contributed by atoms with van der Waals surface area (Å²) in [6.07, 6.45) is 2.34. The van der Waals surface area contributed by atoms with E-state index in [9.17, 15) is 4.39 Å². The lowest BCUT2D eigenvalue weighted by atomic mass is 10.0. The Morgan fingerprint density at radius 1 is 1.35 bits per heavy atom. The molecule has 0 atom stereocenters. The minimum absolute atomic E-state index is 0.145. The lowest BCUT2D eigenvalue weighted by Gasteiger charge is -2.34. The van der Waals surface area contributed by atoms with Crippen LogP contribution < -0.4 is 10.2 Å². The number of benzene rings is 1. The molecule has 1 aliphatic heterocycles. The molecule has 3 heteroatoms. The van der Waals surface area contributed by atoms with Gasteiger partial charge in [-0.1, -0.05) is 6.92 Å². The van der Waals surface area contributed by atoms with E-state index < -0.39 is 0 Å². The van der Waals surface area contributed by atoms with Gasteiger partial charge >= 0.3 is 0 Å². The largest absolute Gasteiger partial charge is 0.371 e. The van der Waals surface area contributed by atoms with Gasteiger partial charge in [-0.25, -0.2) is 4.39 Å². The number of aryl methyl sites for hydroxylation is 1. The van der Waals surface area contributed by atoms with E-state index in [0.29, 0.717) is 6.04 Å². The van der Waals surface area contributed by atoms with Gasteiger partial charge in [0.15, 0.2) is 0 Å². The third-order valence-corrected chi connectivity index (χ3v) is 3.49. The number of anilines is 1. The fourth-order valence-electron chi connectivity index (χ4n) is 2.59. The molecule has 2 rings (SSSR count). The molecule has 0 amide bonds. The number of hydrogen-bond donors (Lipinski definition) is 1. The quantitative estimate of drug-likeness (QED) is 0.868. The molecule has 1 heterocycles. The molecule has 1 aliphatic rings. The maximum absolute atomic E-state index is 13.0. The lowest BCUT2D eigenvalue weighted by molar-refractivity contribution is 0.423. The van der Waals surface area contributed by atoms with Crippen molar-refractivity contribution in [3.63, 3.8) is 0 Å². The number of nitrogens with one attached hydrogen (secondary N) is 1. The topological polar surface area (TPSA) is 15.3 Å². The summed E-state index contributed by atoms with van der Waals surface area (Å²) in [4.78, 5) is 2.36. The van der Waals surface area contributed by atoms with Crippen molar-refractivity contribution in [3.05, 3.63) is 29.6 Å². The molecule has 0 radical (unpaired) electrons. The Balaban J connectivity index is 2.00. The number of rotatable bonds is 3. The van der Waals surface area contributed by atoms with Gasteiger partial charge in [-0.05, 0) is 50.1 Å². The van der Waals surface area contributed by atoms with Crippen molar-refractivity contribution in [1.29, 1.82) is 0 Å². The van der Waals surface area contributed by atoms with Gasteiger partial charge in [-0.2, -0.15) is 0 Å². The van der Waals surface area contributed by atoms with Crippen LogP contribution in [-0.4, -0.2) is 25.7 Å². The minimum atomic E-state index is -0.145. The summed E-state index contributed by atoms with van der Waals surface area (Å²) in [6, 6.07) is 5.72. The highest BCUT2D eigenvalue weighted by Gasteiger charge is 2.19. The van der Waals surface area contributed by atoms with E-state index in [2.05, 4.69) is 17.1 Å². The summed E-state index contributed by atoms with van der Waals surface area (Å²) in [7, 11) is 0. The molecular weight excluding hydrogens is 215 g/mol. The monoisotopic (exact) mass is 236 g/mol. The van der Waals surface area contributed by atoms with Crippen molar-refractivity contribution in [1.82, 2.24) is 5.32 Å². The summed E-state index contributed by atoms with van der Waals surface area (Å²) in [5.74, 6) is -0.145. The summed E-state index contributed by atoms with van der Waals surface area (Å²) in [5, 5.41) is 3.49. The number of piperidine rings is 1. The van der Waals surface area contributed by atoms with Gasteiger partial charge in [0.05, 0.1) is 0 Å². The zero-order chi connectivity index (χ0) is 12.3. The molecule has 94 valence electrons. The predicted molar refractivity (Wildman–Crippen MR) is 70.0 cm³/mol. The SMILES string of the molecule is CCNC1CCN(c2ccc(F)cc2C)CC1. The molecule has 0 bridgehead atoms. The van der Waals surface area contributed by atoms with Gasteiger partial charge in [0, 0.05) is 24.8 Å². The first-order chi connectivity index (χ1) is 8.20. The van der Waals surface area contributed by atoms with Crippen LogP contribution in [0.4, 0.5) is 10.1 Å². The number of nitrogens with zero attached hydrogens (tertiary/aromatic N) is 1. The Kier molecular flexibility index (Phi) is 4.00. The van der Waals surface area contributed by atoms with E-state index >= 15 is 0 Å². The number of hydrogen-bond acceptors (Lipinski definition) is 2. The van der Waals surface area contributed by atoms with Crippen molar-refractivity contribution in [3.8, 4) is 0 Å². The summed E-state index contributed by atoms with van der Waals surface area (Å²) < 4.78 is 13.0. The van der Waals surface area contributed by atoms with Crippen molar-refractivity contribution < 1.29 is 4.39 Å². The van der Waals surface area contributed by atoms with Crippen molar-refractivity contribution in [2.75, 3.05) is 24.5 Å². The molecule has 1 fully saturated rings. The maximum Gasteiger partial charge on any atom is 0.123 e. The van der Waals surface area contributed by atoms with Gasteiger partial charge in [0.1, 0.15) is 5.82 Å². The Morgan fingerprint density at radius 2 is 2.06 bits per heavy atom. The highest BCUT2D eigenvalue weighted by atomic mass is 19.1.